The Bertz CT molecular complexity index is 857. The SMILES string of the molecule is CN1CCN(C2=c3cc(Cl)ccc3=Nc3ccccc3O2)CC1. The highest BCUT2D eigenvalue weighted by molar-refractivity contribution is 6.30. The highest BCUT2D eigenvalue weighted by atomic mass is 35.5. The minimum absolute atomic E-state index is 0.695. The molecule has 0 aliphatic carbocycles. The average molecular weight is 328 g/mol. The van der Waals surface area contributed by atoms with Crippen molar-refractivity contribution < 1.29 is 4.74 Å². The Kier molecular flexibility index (Phi) is 3.71. The fourth-order valence-electron chi connectivity index (χ4n) is 2.95. The van der Waals surface area contributed by atoms with Crippen molar-refractivity contribution in [2.75, 3.05) is 33.2 Å². The summed E-state index contributed by atoms with van der Waals surface area (Å²) in [7, 11) is 2.14. The number of halogens is 1. The molecule has 2 heterocycles. The maximum atomic E-state index is 6.28. The van der Waals surface area contributed by atoms with Gasteiger partial charge in [0.2, 0.25) is 5.88 Å². The second kappa shape index (κ2) is 5.87. The fourth-order valence-corrected chi connectivity index (χ4v) is 3.12. The lowest BCUT2D eigenvalue weighted by Gasteiger charge is -2.34. The number of fused-ring (bicyclic) bond motifs is 2. The molecule has 4 rings (SSSR count). The summed E-state index contributed by atoms with van der Waals surface area (Å²) in [5.41, 5.74) is 0.847. The van der Waals surface area contributed by atoms with Gasteiger partial charge in [0.1, 0.15) is 5.69 Å². The molecule has 0 spiro atoms. The minimum atomic E-state index is 0.695. The summed E-state index contributed by atoms with van der Waals surface area (Å²) in [5, 5.41) is 2.55. The number of ether oxygens (including phenoxy) is 1. The zero-order valence-corrected chi connectivity index (χ0v) is 13.8. The summed E-state index contributed by atoms with van der Waals surface area (Å²) in [5.74, 6) is 1.64. The van der Waals surface area contributed by atoms with Gasteiger partial charge in [0.05, 0.1) is 10.6 Å². The lowest BCUT2D eigenvalue weighted by atomic mass is 10.2. The first-order valence-electron chi connectivity index (χ1n) is 7.80. The van der Waals surface area contributed by atoms with E-state index in [9.17, 15) is 0 Å². The zero-order valence-electron chi connectivity index (χ0n) is 13.0. The molecule has 0 bridgehead atoms. The van der Waals surface area contributed by atoms with Crippen LogP contribution in [0.15, 0.2) is 47.5 Å². The third-order valence-corrected chi connectivity index (χ3v) is 4.53. The Morgan fingerprint density at radius 1 is 1.04 bits per heavy atom. The van der Waals surface area contributed by atoms with Crippen LogP contribution in [0.2, 0.25) is 5.02 Å². The van der Waals surface area contributed by atoms with Gasteiger partial charge in [-0.2, -0.15) is 0 Å². The van der Waals surface area contributed by atoms with Crippen molar-refractivity contribution in [1.82, 2.24) is 9.80 Å². The number of nitrogens with zero attached hydrogens (tertiary/aromatic N) is 3. The van der Waals surface area contributed by atoms with Crippen molar-refractivity contribution in [3.8, 4) is 5.75 Å². The average Bonchev–Trinajstić information content (AvgIpc) is 2.72. The van der Waals surface area contributed by atoms with E-state index in [-0.39, 0.29) is 0 Å². The molecule has 23 heavy (non-hydrogen) atoms. The lowest BCUT2D eigenvalue weighted by molar-refractivity contribution is 0.177. The predicted octanol–water partition coefficient (Wildman–Crippen LogP) is 2.00. The highest BCUT2D eigenvalue weighted by Crippen LogP contribution is 2.30. The van der Waals surface area contributed by atoms with Crippen LogP contribution >= 0.6 is 11.6 Å². The van der Waals surface area contributed by atoms with Crippen molar-refractivity contribution in [2.45, 2.75) is 0 Å². The van der Waals surface area contributed by atoms with E-state index in [0.717, 1.165) is 54.1 Å². The molecule has 4 nitrogen and oxygen atoms in total. The van der Waals surface area contributed by atoms with Crippen LogP contribution in [0.1, 0.15) is 0 Å². The Labute approximate surface area is 140 Å². The Balaban J connectivity index is 1.91. The summed E-state index contributed by atoms with van der Waals surface area (Å²) in [6.07, 6.45) is 0. The number of likely N-dealkylation sites (N-methyl/N-ethyl adjacent to an activating group) is 1. The smallest absolute Gasteiger partial charge is 0.205 e. The Morgan fingerprint density at radius 2 is 1.83 bits per heavy atom. The van der Waals surface area contributed by atoms with Crippen molar-refractivity contribution in [3.05, 3.63) is 58.1 Å². The van der Waals surface area contributed by atoms with Crippen LogP contribution < -0.4 is 15.3 Å². The molecule has 0 saturated carbocycles. The van der Waals surface area contributed by atoms with Gasteiger partial charge in [0, 0.05) is 31.2 Å². The Hall–Kier alpha value is -2.04. The standard InChI is InChI=1S/C18H18ClN3O/c1-21-8-10-22(11-9-21)18-14-12-13(19)6-7-15(14)20-16-4-2-3-5-17(16)23-18/h2-7,12H,8-11H2,1H3. The zero-order chi connectivity index (χ0) is 15.8. The van der Waals surface area contributed by atoms with Gasteiger partial charge >= 0.3 is 0 Å². The first-order valence-corrected chi connectivity index (χ1v) is 8.17. The van der Waals surface area contributed by atoms with Gasteiger partial charge in [0.15, 0.2) is 5.75 Å². The van der Waals surface area contributed by atoms with Crippen LogP contribution in [-0.4, -0.2) is 43.0 Å². The molecular formula is C18H18ClN3O. The molecule has 2 aromatic carbocycles. The van der Waals surface area contributed by atoms with Crippen molar-refractivity contribution in [3.63, 3.8) is 0 Å². The Morgan fingerprint density at radius 3 is 2.65 bits per heavy atom. The lowest BCUT2D eigenvalue weighted by Crippen LogP contribution is -2.47. The molecule has 1 saturated heterocycles. The molecule has 1 fully saturated rings. The third-order valence-electron chi connectivity index (χ3n) is 4.29. The summed E-state index contributed by atoms with van der Waals surface area (Å²) in [6, 6.07) is 13.7. The van der Waals surface area contributed by atoms with E-state index >= 15 is 0 Å². The molecule has 0 aromatic heterocycles. The molecule has 118 valence electrons. The number of piperazine rings is 1. The van der Waals surface area contributed by atoms with Gasteiger partial charge in [-0.3, -0.25) is 0 Å². The van der Waals surface area contributed by atoms with Gasteiger partial charge in [0.25, 0.3) is 0 Å². The van der Waals surface area contributed by atoms with E-state index < -0.39 is 0 Å². The molecule has 0 atom stereocenters. The number of hydrogen-bond acceptors (Lipinski definition) is 4. The first-order chi connectivity index (χ1) is 11.2. The summed E-state index contributed by atoms with van der Waals surface area (Å²) < 4.78 is 6.28. The molecule has 0 unspecified atom stereocenters. The maximum absolute atomic E-state index is 6.28. The number of benzene rings is 2. The van der Waals surface area contributed by atoms with Crippen LogP contribution in [0.5, 0.6) is 5.75 Å². The van der Waals surface area contributed by atoms with Gasteiger partial charge in [-0.05, 0) is 37.4 Å². The quantitative estimate of drug-likeness (QED) is 0.802. The van der Waals surface area contributed by atoms with Crippen LogP contribution in [-0.2, 0) is 0 Å². The van der Waals surface area contributed by atoms with Gasteiger partial charge in [-0.25, -0.2) is 4.99 Å². The fraction of sp³-hybridized carbons (Fsp3) is 0.278. The second-order valence-corrected chi connectivity index (χ2v) is 6.37. The predicted molar refractivity (Wildman–Crippen MR) is 91.4 cm³/mol. The monoisotopic (exact) mass is 327 g/mol. The van der Waals surface area contributed by atoms with Crippen LogP contribution in [0.25, 0.3) is 5.88 Å². The third kappa shape index (κ3) is 2.80. The van der Waals surface area contributed by atoms with Crippen molar-refractivity contribution in [1.29, 1.82) is 0 Å². The van der Waals surface area contributed by atoms with Crippen molar-refractivity contribution in [2.24, 2.45) is 4.99 Å². The van der Waals surface area contributed by atoms with Gasteiger partial charge in [-0.15, -0.1) is 0 Å². The normalized spacial score (nSPS) is 17.7. The molecule has 2 aliphatic rings. The molecular weight excluding hydrogens is 310 g/mol. The molecule has 0 N–H and O–H groups in total. The van der Waals surface area contributed by atoms with E-state index in [1.165, 1.54) is 0 Å². The maximum Gasteiger partial charge on any atom is 0.205 e. The second-order valence-electron chi connectivity index (χ2n) is 5.94. The van der Waals surface area contributed by atoms with Crippen LogP contribution in [0.4, 0.5) is 5.69 Å². The van der Waals surface area contributed by atoms with Gasteiger partial charge < -0.3 is 14.5 Å². The molecule has 2 aliphatic heterocycles. The van der Waals surface area contributed by atoms with E-state index in [1.807, 2.05) is 42.5 Å². The van der Waals surface area contributed by atoms with E-state index in [2.05, 4.69) is 16.8 Å². The van der Waals surface area contributed by atoms with E-state index in [0.29, 0.717) is 5.02 Å². The molecule has 0 radical (unpaired) electrons. The molecule has 0 amide bonds. The van der Waals surface area contributed by atoms with E-state index in [1.54, 1.807) is 0 Å². The minimum Gasteiger partial charge on any atom is -0.438 e. The largest absolute Gasteiger partial charge is 0.438 e. The number of hydrogen-bond donors (Lipinski definition) is 0. The van der Waals surface area contributed by atoms with E-state index in [4.69, 9.17) is 21.3 Å². The van der Waals surface area contributed by atoms with Crippen LogP contribution in [0.3, 0.4) is 0 Å². The van der Waals surface area contributed by atoms with Gasteiger partial charge in [-0.1, -0.05) is 23.7 Å². The summed E-state index contributed by atoms with van der Waals surface area (Å²) >= 11 is 6.23. The molecule has 2 aromatic rings. The van der Waals surface area contributed by atoms with Crippen molar-refractivity contribution >= 4 is 23.2 Å². The topological polar surface area (TPSA) is 28.1 Å². The highest BCUT2D eigenvalue weighted by Gasteiger charge is 2.21. The number of para-hydroxylation sites is 2. The summed E-state index contributed by atoms with van der Waals surface area (Å²) in [4.78, 5) is 9.37. The van der Waals surface area contributed by atoms with Crippen LogP contribution in [0, 0.1) is 0 Å². The number of rotatable bonds is 1. The summed E-state index contributed by atoms with van der Waals surface area (Å²) in [6.45, 7) is 3.89. The molecule has 5 heteroatoms. The first kappa shape index (κ1) is 14.5.